The number of terminal acetylenes is 1. The molecular formula is C51H72F2O8S2. The maximum atomic E-state index is 14.0. The lowest BCUT2D eigenvalue weighted by atomic mass is 9.81. The van der Waals surface area contributed by atoms with E-state index in [0.29, 0.717) is 24.2 Å². The first-order chi connectivity index (χ1) is 29.6. The Morgan fingerprint density at radius 1 is 0.762 bits per heavy atom. The van der Waals surface area contributed by atoms with Gasteiger partial charge < -0.3 is 9.53 Å². The molecule has 2 rings (SSSR count). The molecule has 2 aromatic rings. The number of unbranched alkanes of at least 4 members (excludes halogenated alkanes) is 2. The molecule has 0 aliphatic rings. The van der Waals surface area contributed by atoms with E-state index >= 15 is 0 Å². The van der Waals surface area contributed by atoms with Crippen LogP contribution in [0.4, 0.5) is 8.92 Å². The van der Waals surface area contributed by atoms with Crippen molar-refractivity contribution in [3.63, 3.8) is 0 Å². The van der Waals surface area contributed by atoms with Gasteiger partial charge in [0.15, 0.2) is 9.84 Å². The third kappa shape index (κ3) is 30.3. The van der Waals surface area contributed by atoms with E-state index in [1.807, 2.05) is 26.0 Å². The van der Waals surface area contributed by atoms with E-state index in [1.165, 1.54) is 18.2 Å². The summed E-state index contributed by atoms with van der Waals surface area (Å²) in [7, 11) is -2.24. The SMILES string of the molecule is C.C#CC#CC#CC#CC#CC#CC#CC#CC#CC#CC#CC#CC.CCCCC(C=O)(CCCC)CS(=O)(=O)c1ccc(F)cc1Cc1cccc(OC)c1.OOOOF.S.[HH].[HH].[HH].[HH].[HH].[HH].[HH].[HH].[HH].[HH].[HH].[HH].[HH].[HH]. The van der Waals surface area contributed by atoms with Crippen LogP contribution in [0.15, 0.2) is 47.4 Å². The molecule has 8 nitrogen and oxygen atoms in total. The number of carbonyl (C=O) groups excluding carboxylic acids is 1. The second kappa shape index (κ2) is 40.1. The average molecular weight is 915 g/mol. The summed E-state index contributed by atoms with van der Waals surface area (Å²) in [5.74, 6) is 56.8. The Balaban J connectivity index is -0.0000000485. The third-order valence-electron chi connectivity index (χ3n) is 7.17. The van der Waals surface area contributed by atoms with Crippen LogP contribution in [0, 0.1) is 154 Å². The highest BCUT2D eigenvalue weighted by Crippen LogP contribution is 2.34. The second-order valence-corrected chi connectivity index (χ2v) is 13.4. The third-order valence-corrected chi connectivity index (χ3v) is 9.20. The van der Waals surface area contributed by atoms with Gasteiger partial charge in [0.25, 0.3) is 0 Å². The molecule has 0 aliphatic heterocycles. The number of halogens is 2. The molecule has 0 amide bonds. The van der Waals surface area contributed by atoms with Crippen molar-refractivity contribution in [1.29, 1.82) is 0 Å². The Morgan fingerprint density at radius 2 is 1.22 bits per heavy atom. The molecule has 0 radical (unpaired) electrons. The lowest BCUT2D eigenvalue weighted by Crippen LogP contribution is -2.32. The van der Waals surface area contributed by atoms with E-state index in [4.69, 9.17) is 16.4 Å². The molecule has 0 saturated heterocycles. The van der Waals surface area contributed by atoms with Crippen molar-refractivity contribution in [3.05, 3.63) is 59.4 Å². The lowest BCUT2D eigenvalue weighted by Gasteiger charge is -2.28. The first-order valence-corrected chi connectivity index (χ1v) is 19.5. The van der Waals surface area contributed by atoms with Crippen molar-refractivity contribution in [2.24, 2.45) is 5.41 Å². The number of ether oxygens (including phenoxy) is 1. The molecule has 63 heavy (non-hydrogen) atoms. The van der Waals surface area contributed by atoms with Crippen LogP contribution in [0.2, 0.25) is 0 Å². The van der Waals surface area contributed by atoms with Crippen LogP contribution in [-0.4, -0.2) is 32.8 Å². The molecule has 0 fully saturated rings. The summed E-state index contributed by atoms with van der Waals surface area (Å²) in [5.41, 5.74) is 0.297. The fraction of sp³-hybridized carbons (Fsp3) is 0.275. The van der Waals surface area contributed by atoms with Crippen molar-refractivity contribution in [1.82, 2.24) is 0 Å². The van der Waals surface area contributed by atoms with Crippen LogP contribution in [-0.2, 0) is 36.2 Å². The standard InChI is InChI=1S/C25H33FO4S.C25H4.CH4.FHO4.H2S.14H2/c1-4-6-13-25(18-27,14-7-5-2)19-31(28,29)24-12-11-22(26)17-21(24)15-20-9-8-10-23(16-20)30-3;1-3-5-7-9-11-13-15-17-19-21-23-25-24-22-20-18-16-14-12-10-8-6-4-2;;1-3-5-4-2;;;;;;;;;;;;;;;/h8-12,16-18H,4-7,13-15,19H2,1-3H3;1H,2H3;1H4;2H;1H2;14*1H. The van der Waals surface area contributed by atoms with Crippen molar-refractivity contribution in [3.8, 4) is 148 Å². The Kier molecular flexibility index (Phi) is 38.1. The zero-order chi connectivity index (χ0) is 45.3. The van der Waals surface area contributed by atoms with E-state index in [1.54, 1.807) is 26.2 Å². The Labute approximate surface area is 400 Å². The van der Waals surface area contributed by atoms with Gasteiger partial charge in [-0.05, 0) is 177 Å². The highest BCUT2D eigenvalue weighted by atomic mass is 32.2. The molecule has 0 bridgehead atoms. The molecule has 0 spiro atoms. The molecule has 1 N–H and O–H groups in total. The number of carbonyl (C=O) groups is 1. The summed E-state index contributed by atoms with van der Waals surface area (Å²) in [5, 5.41) is 14.5. The summed E-state index contributed by atoms with van der Waals surface area (Å²) < 4.78 is 56.2. The maximum Gasteiger partial charge on any atom is 0.179 e. The molecule has 0 heterocycles. The fourth-order valence-corrected chi connectivity index (χ4v) is 6.71. The fourth-order valence-electron chi connectivity index (χ4n) is 4.63. The second-order valence-electron chi connectivity index (χ2n) is 11.5. The predicted octanol–water partition coefficient (Wildman–Crippen LogP) is 10.9. The number of hydrogen-bond acceptors (Lipinski definition) is 8. The van der Waals surface area contributed by atoms with Gasteiger partial charge in [-0.25, -0.2) is 18.1 Å². The number of aldehydes is 1. The first-order valence-electron chi connectivity index (χ1n) is 17.9. The van der Waals surface area contributed by atoms with E-state index in [9.17, 15) is 22.1 Å². The minimum absolute atomic E-state index is 0. The Hall–Kier alpha value is -7.37. The quantitative estimate of drug-likeness (QED) is 0.0619. The van der Waals surface area contributed by atoms with Crippen molar-refractivity contribution in [2.75, 3.05) is 12.9 Å². The topological polar surface area (TPSA) is 108 Å². The molecule has 0 unspecified atom stereocenters. The maximum absolute atomic E-state index is 14.0. The smallest absolute Gasteiger partial charge is 0.179 e. The monoisotopic (exact) mass is 914 g/mol. The van der Waals surface area contributed by atoms with Crippen LogP contribution in [0.1, 0.15) is 97.8 Å². The number of sulfone groups is 1. The number of methoxy groups -OCH3 is 1. The number of rotatable bonds is 15. The van der Waals surface area contributed by atoms with Crippen LogP contribution >= 0.6 is 13.5 Å². The summed E-state index contributed by atoms with van der Waals surface area (Å²) in [6.07, 6.45) is 10.4. The van der Waals surface area contributed by atoms with E-state index < -0.39 is 21.1 Å². The summed E-state index contributed by atoms with van der Waals surface area (Å²) in [4.78, 5) is 12.2. The van der Waals surface area contributed by atoms with Gasteiger partial charge >= 0.3 is 0 Å². The van der Waals surface area contributed by atoms with Crippen molar-refractivity contribution < 1.29 is 67.3 Å². The molecular weight excluding hydrogens is 843 g/mol. The van der Waals surface area contributed by atoms with Gasteiger partial charge in [-0.15, -0.1) is 6.42 Å². The zero-order valence-electron chi connectivity index (χ0n) is 34.3. The minimum atomic E-state index is -3.80. The molecule has 2 aromatic carbocycles. The number of hydrogen-bond donors (Lipinski definition) is 1. The number of benzene rings is 2. The molecule has 0 aromatic heterocycles. The normalized spacial score (nSPS) is 8.10. The lowest BCUT2D eigenvalue weighted by molar-refractivity contribution is -0.671. The summed E-state index contributed by atoms with van der Waals surface area (Å²) >= 11 is 0. The van der Waals surface area contributed by atoms with Gasteiger partial charge in [0.1, 0.15) is 17.9 Å². The molecule has 0 saturated carbocycles. The Bertz CT molecular complexity index is 2700. The van der Waals surface area contributed by atoms with Gasteiger partial charge in [0.05, 0.1) is 17.8 Å². The Morgan fingerprint density at radius 3 is 1.59 bits per heavy atom. The van der Waals surface area contributed by atoms with E-state index in [0.717, 1.165) is 37.5 Å². The molecule has 350 valence electrons. The van der Waals surface area contributed by atoms with Crippen LogP contribution < -0.4 is 4.74 Å². The van der Waals surface area contributed by atoms with Gasteiger partial charge in [0, 0.05) is 66.0 Å². The van der Waals surface area contributed by atoms with E-state index in [2.05, 4.69) is 151 Å². The summed E-state index contributed by atoms with van der Waals surface area (Å²) in [6, 6.07) is 11.0. The highest BCUT2D eigenvalue weighted by Gasteiger charge is 2.36. The van der Waals surface area contributed by atoms with Crippen LogP contribution in [0.3, 0.4) is 0 Å². The predicted molar refractivity (Wildman–Crippen MR) is 276 cm³/mol. The first kappa shape index (κ1) is 59.9. The largest absolute Gasteiger partial charge is 0.497 e. The molecule has 0 atom stereocenters. The van der Waals surface area contributed by atoms with Crippen LogP contribution in [0.25, 0.3) is 0 Å². The van der Waals surface area contributed by atoms with Crippen LogP contribution in [0.5, 0.6) is 5.75 Å². The van der Waals surface area contributed by atoms with Gasteiger partial charge in [-0.2, -0.15) is 13.5 Å². The highest BCUT2D eigenvalue weighted by molar-refractivity contribution is 7.91. The zero-order valence-corrected chi connectivity index (χ0v) is 36.1. The van der Waals surface area contributed by atoms with Crippen molar-refractivity contribution >= 4 is 29.6 Å². The van der Waals surface area contributed by atoms with Gasteiger partial charge in [-0.3, -0.25) is 0 Å². The minimum Gasteiger partial charge on any atom is -0.497 e. The summed E-state index contributed by atoms with van der Waals surface area (Å²) in [6.45, 7) is 5.74. The van der Waals surface area contributed by atoms with Gasteiger partial charge in [0.2, 0.25) is 0 Å². The van der Waals surface area contributed by atoms with Crippen molar-refractivity contribution in [2.45, 2.75) is 78.0 Å². The molecule has 12 heteroatoms. The van der Waals surface area contributed by atoms with E-state index in [-0.39, 0.29) is 58.0 Å². The van der Waals surface area contributed by atoms with Gasteiger partial charge in [-0.1, -0.05) is 65.0 Å². The molecule has 0 aliphatic carbocycles. The average Bonchev–Trinajstić information content (AvgIpc) is 3.26.